The largest absolute Gasteiger partial charge is 0.497 e. The molecule has 0 bridgehead atoms. The summed E-state index contributed by atoms with van der Waals surface area (Å²) in [5.74, 6) is 1.39. The van der Waals surface area contributed by atoms with Crippen LogP contribution in [0, 0.1) is 6.92 Å². The molecule has 5 nitrogen and oxygen atoms in total. The summed E-state index contributed by atoms with van der Waals surface area (Å²) in [5, 5.41) is 0. The third-order valence-electron chi connectivity index (χ3n) is 3.62. The fraction of sp³-hybridized carbons (Fsp3) is 0.294. The number of hydrogen-bond donors (Lipinski definition) is 1. The van der Waals surface area contributed by atoms with Crippen molar-refractivity contribution in [1.82, 2.24) is 4.72 Å². The van der Waals surface area contributed by atoms with Gasteiger partial charge in [0.2, 0.25) is 10.0 Å². The van der Waals surface area contributed by atoms with Crippen LogP contribution in [0.25, 0.3) is 0 Å². The topological polar surface area (TPSA) is 64.6 Å². The van der Waals surface area contributed by atoms with Gasteiger partial charge >= 0.3 is 0 Å². The Morgan fingerprint density at radius 2 is 1.65 bits per heavy atom. The predicted molar refractivity (Wildman–Crippen MR) is 89.5 cm³/mol. The molecule has 2 rings (SSSR count). The average molecular weight is 335 g/mol. The van der Waals surface area contributed by atoms with E-state index in [0.29, 0.717) is 5.75 Å². The van der Waals surface area contributed by atoms with Crippen molar-refractivity contribution in [2.24, 2.45) is 0 Å². The first-order valence-corrected chi connectivity index (χ1v) is 8.66. The van der Waals surface area contributed by atoms with Crippen LogP contribution in [-0.2, 0) is 10.0 Å². The SMILES string of the molecule is COc1ccc(C(C)NS(=O)(=O)c2ccc(OC)c(C)c2)cc1. The molecule has 0 radical (unpaired) electrons. The second-order valence-electron chi connectivity index (χ2n) is 5.25. The van der Waals surface area contributed by atoms with E-state index in [9.17, 15) is 8.42 Å². The van der Waals surface area contributed by atoms with Gasteiger partial charge in [0, 0.05) is 6.04 Å². The van der Waals surface area contributed by atoms with Gasteiger partial charge in [-0.1, -0.05) is 12.1 Å². The lowest BCUT2D eigenvalue weighted by atomic mass is 10.1. The Morgan fingerprint density at radius 1 is 1.00 bits per heavy atom. The van der Waals surface area contributed by atoms with E-state index < -0.39 is 10.0 Å². The minimum Gasteiger partial charge on any atom is -0.497 e. The maximum atomic E-state index is 12.5. The zero-order valence-corrected chi connectivity index (χ0v) is 14.5. The highest BCUT2D eigenvalue weighted by Crippen LogP contribution is 2.23. The zero-order chi connectivity index (χ0) is 17.0. The van der Waals surface area contributed by atoms with Crippen LogP contribution in [0.2, 0.25) is 0 Å². The molecule has 2 aromatic rings. The number of nitrogens with one attached hydrogen (secondary N) is 1. The highest BCUT2D eigenvalue weighted by Gasteiger charge is 2.19. The molecule has 1 atom stereocenters. The molecular formula is C17H21NO4S. The lowest BCUT2D eigenvalue weighted by Gasteiger charge is -2.16. The summed E-state index contributed by atoms with van der Waals surface area (Å²) in [6.07, 6.45) is 0. The maximum absolute atomic E-state index is 12.5. The smallest absolute Gasteiger partial charge is 0.241 e. The molecule has 6 heteroatoms. The second-order valence-corrected chi connectivity index (χ2v) is 6.96. The molecule has 2 aromatic carbocycles. The third-order valence-corrected chi connectivity index (χ3v) is 5.16. The molecule has 0 amide bonds. The van der Waals surface area contributed by atoms with Gasteiger partial charge in [0.25, 0.3) is 0 Å². The van der Waals surface area contributed by atoms with Gasteiger partial charge in [0.1, 0.15) is 11.5 Å². The summed E-state index contributed by atoms with van der Waals surface area (Å²) in [6, 6.07) is 11.7. The summed E-state index contributed by atoms with van der Waals surface area (Å²) < 4.78 is 38.0. The molecule has 0 spiro atoms. The summed E-state index contributed by atoms with van der Waals surface area (Å²) in [7, 11) is -0.461. The van der Waals surface area contributed by atoms with E-state index >= 15 is 0 Å². The van der Waals surface area contributed by atoms with Crippen molar-refractivity contribution in [3.05, 3.63) is 53.6 Å². The van der Waals surface area contributed by atoms with Gasteiger partial charge in [-0.3, -0.25) is 0 Å². The highest BCUT2D eigenvalue weighted by atomic mass is 32.2. The number of benzene rings is 2. The Hall–Kier alpha value is -2.05. The third kappa shape index (κ3) is 4.03. The van der Waals surface area contributed by atoms with Crippen LogP contribution >= 0.6 is 0 Å². The van der Waals surface area contributed by atoms with E-state index in [0.717, 1.165) is 16.9 Å². The van der Waals surface area contributed by atoms with Crippen molar-refractivity contribution in [3.63, 3.8) is 0 Å². The van der Waals surface area contributed by atoms with E-state index in [2.05, 4.69) is 4.72 Å². The second kappa shape index (κ2) is 7.02. The van der Waals surface area contributed by atoms with Crippen LogP contribution in [0.3, 0.4) is 0 Å². The fourth-order valence-electron chi connectivity index (χ4n) is 2.28. The van der Waals surface area contributed by atoms with Crippen molar-refractivity contribution < 1.29 is 17.9 Å². The molecule has 0 saturated heterocycles. The normalized spacial score (nSPS) is 12.7. The highest BCUT2D eigenvalue weighted by molar-refractivity contribution is 7.89. The number of hydrogen-bond acceptors (Lipinski definition) is 4. The van der Waals surface area contributed by atoms with Crippen molar-refractivity contribution in [1.29, 1.82) is 0 Å². The van der Waals surface area contributed by atoms with E-state index in [1.165, 1.54) is 6.07 Å². The number of methoxy groups -OCH3 is 2. The van der Waals surface area contributed by atoms with Gasteiger partial charge in [0.15, 0.2) is 0 Å². The van der Waals surface area contributed by atoms with Gasteiger partial charge in [-0.15, -0.1) is 0 Å². The van der Waals surface area contributed by atoms with Crippen molar-refractivity contribution in [2.45, 2.75) is 24.8 Å². The molecule has 0 aliphatic heterocycles. The molecule has 0 aliphatic rings. The van der Waals surface area contributed by atoms with E-state index in [4.69, 9.17) is 9.47 Å². The van der Waals surface area contributed by atoms with Crippen LogP contribution in [-0.4, -0.2) is 22.6 Å². The number of aryl methyl sites for hydroxylation is 1. The van der Waals surface area contributed by atoms with Gasteiger partial charge in [-0.05, 0) is 55.3 Å². The fourth-order valence-corrected chi connectivity index (χ4v) is 3.60. The minimum atomic E-state index is -3.61. The Bertz CT molecular complexity index is 770. The van der Waals surface area contributed by atoms with Crippen LogP contribution in [0.5, 0.6) is 11.5 Å². The van der Waals surface area contributed by atoms with Crippen molar-refractivity contribution >= 4 is 10.0 Å². The number of sulfonamides is 1. The lowest BCUT2D eigenvalue weighted by molar-refractivity contribution is 0.411. The Morgan fingerprint density at radius 3 is 2.17 bits per heavy atom. The average Bonchev–Trinajstić information content (AvgIpc) is 2.54. The molecule has 124 valence electrons. The van der Waals surface area contributed by atoms with Gasteiger partial charge < -0.3 is 9.47 Å². The minimum absolute atomic E-state index is 0.219. The first-order chi connectivity index (χ1) is 10.9. The molecule has 23 heavy (non-hydrogen) atoms. The Balaban J connectivity index is 2.21. The number of rotatable bonds is 6. The van der Waals surface area contributed by atoms with E-state index in [-0.39, 0.29) is 10.9 Å². The van der Waals surface area contributed by atoms with Crippen LogP contribution in [0.4, 0.5) is 0 Å². The summed E-state index contributed by atoms with van der Waals surface area (Å²) in [4.78, 5) is 0.219. The Labute approximate surface area is 137 Å². The standard InChI is InChI=1S/C17H21NO4S/c1-12-11-16(9-10-17(12)22-4)23(19,20)18-13(2)14-5-7-15(21-3)8-6-14/h5-11,13,18H,1-4H3. The van der Waals surface area contributed by atoms with Crippen molar-refractivity contribution in [2.75, 3.05) is 14.2 Å². The number of ether oxygens (including phenoxy) is 2. The van der Waals surface area contributed by atoms with E-state index in [1.54, 1.807) is 45.4 Å². The van der Waals surface area contributed by atoms with Gasteiger partial charge in [0.05, 0.1) is 19.1 Å². The van der Waals surface area contributed by atoms with Crippen molar-refractivity contribution in [3.8, 4) is 11.5 Å². The lowest BCUT2D eigenvalue weighted by Crippen LogP contribution is -2.27. The van der Waals surface area contributed by atoms with Gasteiger partial charge in [-0.25, -0.2) is 13.1 Å². The Kier molecular flexibility index (Phi) is 5.28. The molecule has 0 heterocycles. The molecule has 0 aliphatic carbocycles. The molecular weight excluding hydrogens is 314 g/mol. The first-order valence-electron chi connectivity index (χ1n) is 7.18. The molecule has 0 aromatic heterocycles. The molecule has 0 saturated carbocycles. The zero-order valence-electron chi connectivity index (χ0n) is 13.7. The molecule has 1 unspecified atom stereocenters. The summed E-state index contributed by atoms with van der Waals surface area (Å²) in [5.41, 5.74) is 1.63. The summed E-state index contributed by atoms with van der Waals surface area (Å²) in [6.45, 7) is 3.61. The van der Waals surface area contributed by atoms with Crippen LogP contribution < -0.4 is 14.2 Å². The predicted octanol–water partition coefficient (Wildman–Crippen LogP) is 3.05. The van der Waals surface area contributed by atoms with Crippen LogP contribution in [0.1, 0.15) is 24.1 Å². The van der Waals surface area contributed by atoms with Gasteiger partial charge in [-0.2, -0.15) is 0 Å². The van der Waals surface area contributed by atoms with Crippen LogP contribution in [0.15, 0.2) is 47.4 Å². The molecule has 0 fully saturated rings. The maximum Gasteiger partial charge on any atom is 0.241 e. The van der Waals surface area contributed by atoms with E-state index in [1.807, 2.05) is 19.1 Å². The first kappa shape index (κ1) is 17.3. The summed E-state index contributed by atoms with van der Waals surface area (Å²) >= 11 is 0. The molecule has 1 N–H and O–H groups in total. The monoisotopic (exact) mass is 335 g/mol. The quantitative estimate of drug-likeness (QED) is 0.881.